The summed E-state index contributed by atoms with van der Waals surface area (Å²) in [7, 11) is 0. The average Bonchev–Trinajstić information content (AvgIpc) is 2.93. The highest BCUT2D eigenvalue weighted by Gasteiger charge is 2.14. The van der Waals surface area contributed by atoms with E-state index in [9.17, 15) is 0 Å². The second-order valence-electron chi connectivity index (χ2n) is 3.97. The van der Waals surface area contributed by atoms with E-state index in [0.717, 1.165) is 28.6 Å². The predicted molar refractivity (Wildman–Crippen MR) is 83.7 cm³/mol. The molecule has 0 unspecified atom stereocenters. The average molecular weight is 251 g/mol. The van der Waals surface area contributed by atoms with Crippen molar-refractivity contribution in [2.45, 2.75) is 6.92 Å². The number of imidazole rings is 2. The van der Waals surface area contributed by atoms with Crippen molar-refractivity contribution >= 4 is 30.1 Å². The first-order valence-electron chi connectivity index (χ1n) is 6.07. The first-order valence-corrected chi connectivity index (χ1v) is 6.07. The monoisotopic (exact) mass is 251 g/mol. The molecule has 96 valence electrons. The molecule has 0 saturated heterocycles. The normalized spacial score (nSPS) is 11.6. The van der Waals surface area contributed by atoms with Crippen LogP contribution in [-0.2, 0) is 0 Å². The lowest BCUT2D eigenvalue weighted by Crippen LogP contribution is -1.90. The Kier molecular flexibility index (Phi) is 3.66. The third-order valence-corrected chi connectivity index (χ3v) is 2.82. The number of hydrogen-bond donors (Lipinski definition) is 1. The number of hydrogen-bond acceptors (Lipinski definition) is 1. The molecule has 2 aromatic heterocycles. The molecule has 0 aliphatic rings. The van der Waals surface area contributed by atoms with Crippen molar-refractivity contribution in [3.8, 4) is 0 Å². The molecule has 2 rings (SSSR count). The summed E-state index contributed by atoms with van der Waals surface area (Å²) < 4.78 is 2.05. The Balaban J connectivity index is 2.84. The van der Waals surface area contributed by atoms with Crippen LogP contribution >= 0.6 is 0 Å². The largest absolute Gasteiger partial charge is 0.323 e. The maximum Gasteiger partial charge on any atom is 0.213 e. The topological polar surface area (TPSA) is 33.1 Å². The van der Waals surface area contributed by atoms with Gasteiger partial charge in [0, 0.05) is 0 Å². The molecule has 0 aliphatic carbocycles. The lowest BCUT2D eigenvalue weighted by molar-refractivity contribution is 1.17. The second kappa shape index (κ2) is 5.40. The zero-order valence-corrected chi connectivity index (χ0v) is 11.1. The molecular formula is C16H17N3. The molecule has 2 heterocycles. The van der Waals surface area contributed by atoms with Gasteiger partial charge >= 0.3 is 0 Å². The van der Waals surface area contributed by atoms with Gasteiger partial charge < -0.3 is 4.98 Å². The fourth-order valence-corrected chi connectivity index (χ4v) is 2.03. The Labute approximate surface area is 113 Å². The molecule has 0 bridgehead atoms. The van der Waals surface area contributed by atoms with Crippen LogP contribution in [-0.4, -0.2) is 14.4 Å². The second-order valence-corrected chi connectivity index (χ2v) is 3.97. The SMILES string of the molecule is C=C/C=C\c1c(C=C)[nH]c2nc(C=C)c(/C=C\C)n12. The van der Waals surface area contributed by atoms with Crippen molar-refractivity contribution < 1.29 is 0 Å². The molecule has 0 atom stereocenters. The number of fused-ring (bicyclic) bond motifs is 1. The summed E-state index contributed by atoms with van der Waals surface area (Å²) >= 11 is 0. The molecule has 0 aromatic carbocycles. The highest BCUT2D eigenvalue weighted by molar-refractivity contribution is 5.70. The van der Waals surface area contributed by atoms with E-state index < -0.39 is 0 Å². The number of H-pyrrole nitrogens is 1. The molecule has 0 radical (unpaired) electrons. The number of aromatic amines is 1. The Morgan fingerprint density at radius 1 is 1.11 bits per heavy atom. The van der Waals surface area contributed by atoms with Gasteiger partial charge in [-0.05, 0) is 31.2 Å². The summed E-state index contributed by atoms with van der Waals surface area (Å²) in [6.45, 7) is 13.3. The summed E-state index contributed by atoms with van der Waals surface area (Å²) in [6.07, 6.45) is 13.2. The summed E-state index contributed by atoms with van der Waals surface area (Å²) in [6, 6.07) is 0. The highest BCUT2D eigenvalue weighted by Crippen LogP contribution is 2.22. The smallest absolute Gasteiger partial charge is 0.213 e. The van der Waals surface area contributed by atoms with Gasteiger partial charge in [0.1, 0.15) is 0 Å². The van der Waals surface area contributed by atoms with Crippen molar-refractivity contribution in [3.05, 3.63) is 60.7 Å². The minimum atomic E-state index is 0.779. The van der Waals surface area contributed by atoms with E-state index in [1.807, 2.05) is 35.6 Å². The maximum atomic E-state index is 4.52. The molecular weight excluding hydrogens is 234 g/mol. The van der Waals surface area contributed by atoms with Gasteiger partial charge in [-0.1, -0.05) is 38.0 Å². The molecule has 0 amide bonds. The minimum absolute atomic E-state index is 0.779. The van der Waals surface area contributed by atoms with E-state index >= 15 is 0 Å². The number of aromatic nitrogens is 3. The van der Waals surface area contributed by atoms with E-state index in [0.29, 0.717) is 0 Å². The summed E-state index contributed by atoms with van der Waals surface area (Å²) in [5, 5.41) is 0. The Morgan fingerprint density at radius 2 is 1.89 bits per heavy atom. The van der Waals surface area contributed by atoms with E-state index in [1.54, 1.807) is 18.2 Å². The van der Waals surface area contributed by atoms with Crippen molar-refractivity contribution in [3.63, 3.8) is 0 Å². The van der Waals surface area contributed by atoms with Crippen molar-refractivity contribution in [1.29, 1.82) is 0 Å². The number of allylic oxidation sites excluding steroid dienone is 3. The molecule has 0 aliphatic heterocycles. The first-order chi connectivity index (χ1) is 9.26. The Hall–Kier alpha value is -2.55. The van der Waals surface area contributed by atoms with Crippen LogP contribution in [0.2, 0.25) is 0 Å². The lowest BCUT2D eigenvalue weighted by atomic mass is 10.2. The zero-order valence-electron chi connectivity index (χ0n) is 11.1. The van der Waals surface area contributed by atoms with Crippen LogP contribution in [0.5, 0.6) is 0 Å². The number of rotatable bonds is 5. The van der Waals surface area contributed by atoms with E-state index in [4.69, 9.17) is 0 Å². The zero-order chi connectivity index (χ0) is 13.8. The van der Waals surface area contributed by atoms with Gasteiger partial charge in [-0.2, -0.15) is 0 Å². The Bertz CT molecular complexity index is 693. The van der Waals surface area contributed by atoms with Crippen molar-refractivity contribution in [1.82, 2.24) is 14.4 Å². The molecule has 3 nitrogen and oxygen atoms in total. The number of nitrogens with zero attached hydrogens (tertiary/aromatic N) is 2. The third kappa shape index (κ3) is 2.10. The molecule has 0 saturated carbocycles. The molecule has 19 heavy (non-hydrogen) atoms. The van der Waals surface area contributed by atoms with Gasteiger partial charge in [0.05, 0.1) is 22.8 Å². The van der Waals surface area contributed by atoms with Gasteiger partial charge in [0.15, 0.2) is 0 Å². The summed E-state index contributed by atoms with van der Waals surface area (Å²) in [5.41, 5.74) is 3.79. The summed E-state index contributed by atoms with van der Waals surface area (Å²) in [4.78, 5) is 7.76. The molecule has 2 aromatic rings. The van der Waals surface area contributed by atoms with Crippen LogP contribution in [0.4, 0.5) is 0 Å². The molecule has 1 N–H and O–H groups in total. The Morgan fingerprint density at radius 3 is 2.47 bits per heavy atom. The fourth-order valence-electron chi connectivity index (χ4n) is 2.03. The van der Waals surface area contributed by atoms with Gasteiger partial charge in [-0.25, -0.2) is 4.98 Å². The highest BCUT2D eigenvalue weighted by atomic mass is 15.1. The van der Waals surface area contributed by atoms with Crippen LogP contribution < -0.4 is 0 Å². The number of nitrogens with one attached hydrogen (secondary N) is 1. The third-order valence-electron chi connectivity index (χ3n) is 2.82. The van der Waals surface area contributed by atoms with Crippen molar-refractivity contribution in [2.24, 2.45) is 0 Å². The van der Waals surface area contributed by atoms with Crippen LogP contribution in [0.15, 0.2) is 38.0 Å². The van der Waals surface area contributed by atoms with Crippen LogP contribution in [0.25, 0.3) is 30.1 Å². The van der Waals surface area contributed by atoms with Gasteiger partial charge in [0.25, 0.3) is 0 Å². The lowest BCUT2D eigenvalue weighted by Gasteiger charge is -1.98. The standard InChI is InChI=1S/C16H17N3/c1-5-9-11-15-13(8-4)18-16-17-12(7-3)14(10-6-2)19(15)16/h5-11H,1,3-4H2,2H3,(H,17,18)/b10-6-,11-9-. The van der Waals surface area contributed by atoms with Crippen molar-refractivity contribution in [2.75, 3.05) is 0 Å². The maximum absolute atomic E-state index is 4.52. The van der Waals surface area contributed by atoms with E-state index in [-0.39, 0.29) is 0 Å². The van der Waals surface area contributed by atoms with Gasteiger partial charge in [0.2, 0.25) is 5.78 Å². The quantitative estimate of drug-likeness (QED) is 0.794. The molecule has 0 fully saturated rings. The van der Waals surface area contributed by atoms with Gasteiger partial charge in [-0.15, -0.1) is 0 Å². The van der Waals surface area contributed by atoms with E-state index in [1.165, 1.54) is 0 Å². The van der Waals surface area contributed by atoms with Gasteiger partial charge in [-0.3, -0.25) is 4.40 Å². The first kappa shape index (κ1) is 12.9. The summed E-state index contributed by atoms with van der Waals surface area (Å²) in [5.74, 6) is 0.779. The van der Waals surface area contributed by atoms with E-state index in [2.05, 4.69) is 29.7 Å². The van der Waals surface area contributed by atoms with Crippen LogP contribution in [0, 0.1) is 0 Å². The fraction of sp³-hybridized carbons (Fsp3) is 0.0625. The minimum Gasteiger partial charge on any atom is -0.323 e. The van der Waals surface area contributed by atoms with Crippen LogP contribution in [0.1, 0.15) is 29.7 Å². The molecule has 0 spiro atoms. The predicted octanol–water partition coefficient (Wildman–Crippen LogP) is 4.18. The van der Waals surface area contributed by atoms with Crippen LogP contribution in [0.3, 0.4) is 0 Å². The molecule has 3 heteroatoms.